The number of nitrogens with zero attached hydrogens (tertiary/aromatic N) is 2. The van der Waals surface area contributed by atoms with Gasteiger partial charge in [-0.1, -0.05) is 0 Å². The number of rotatable bonds is 0. The fourth-order valence-corrected chi connectivity index (χ4v) is 1.25. The monoisotopic (exact) mass is 308 g/mol. The molecule has 2 nitrogen and oxygen atoms in total. The van der Waals surface area contributed by atoms with Gasteiger partial charge >= 0.3 is 0 Å². The van der Waals surface area contributed by atoms with E-state index in [2.05, 4.69) is 49.6 Å². The summed E-state index contributed by atoms with van der Waals surface area (Å²) in [5.74, 6) is 0. The minimum absolute atomic E-state index is 0.655. The third-order valence-electron chi connectivity index (χ3n) is 0.942. The molecule has 10 heavy (non-hydrogen) atoms. The summed E-state index contributed by atoms with van der Waals surface area (Å²) < 4.78 is 1.58. The molecule has 0 radical (unpaired) electrons. The fraction of sp³-hybridized carbons (Fsp3) is 0. The smallest absolute Gasteiger partial charge is 0.107 e. The standard InChI is InChI=1S/C6H2BrIN2/c7-6-1-4(2-9)5(8)3-10-6/h1,3H. The van der Waals surface area contributed by atoms with E-state index in [0.29, 0.717) is 10.2 Å². The van der Waals surface area contributed by atoms with Gasteiger partial charge in [-0.25, -0.2) is 4.98 Å². The van der Waals surface area contributed by atoms with E-state index in [4.69, 9.17) is 5.26 Å². The van der Waals surface area contributed by atoms with E-state index in [0.717, 1.165) is 3.57 Å². The zero-order chi connectivity index (χ0) is 7.56. The first-order chi connectivity index (χ1) is 4.74. The lowest BCUT2D eigenvalue weighted by atomic mass is 10.3. The van der Waals surface area contributed by atoms with Crippen molar-refractivity contribution in [2.45, 2.75) is 0 Å². The molecule has 0 bridgehead atoms. The molecule has 0 unspecified atom stereocenters. The van der Waals surface area contributed by atoms with E-state index in [9.17, 15) is 0 Å². The third-order valence-corrected chi connectivity index (χ3v) is 2.24. The van der Waals surface area contributed by atoms with Crippen LogP contribution in [0.15, 0.2) is 16.9 Å². The van der Waals surface area contributed by atoms with Gasteiger partial charge in [0.2, 0.25) is 0 Å². The van der Waals surface area contributed by atoms with Crippen molar-refractivity contribution >= 4 is 38.5 Å². The number of halogens is 2. The van der Waals surface area contributed by atoms with Gasteiger partial charge in [-0.2, -0.15) is 5.26 Å². The topological polar surface area (TPSA) is 36.7 Å². The molecule has 1 aromatic rings. The van der Waals surface area contributed by atoms with Crippen molar-refractivity contribution in [2.24, 2.45) is 0 Å². The number of hydrogen-bond donors (Lipinski definition) is 0. The molecule has 1 heterocycles. The van der Waals surface area contributed by atoms with Crippen LogP contribution in [0.3, 0.4) is 0 Å². The Kier molecular flexibility index (Phi) is 2.63. The maximum Gasteiger partial charge on any atom is 0.107 e. The predicted molar refractivity (Wildman–Crippen MR) is 49.4 cm³/mol. The van der Waals surface area contributed by atoms with Gasteiger partial charge in [0.05, 0.1) is 5.56 Å². The summed E-state index contributed by atoms with van der Waals surface area (Å²) in [6.07, 6.45) is 1.66. The number of pyridine rings is 1. The second kappa shape index (κ2) is 3.30. The molecule has 0 amide bonds. The molecule has 0 spiro atoms. The lowest BCUT2D eigenvalue weighted by Gasteiger charge is -1.92. The lowest BCUT2D eigenvalue weighted by Crippen LogP contribution is -1.83. The Balaban J connectivity index is 3.25. The Morgan fingerprint density at radius 2 is 2.40 bits per heavy atom. The largest absolute Gasteiger partial charge is 0.248 e. The van der Waals surface area contributed by atoms with E-state index < -0.39 is 0 Å². The van der Waals surface area contributed by atoms with Crippen LogP contribution >= 0.6 is 38.5 Å². The Morgan fingerprint density at radius 3 is 2.90 bits per heavy atom. The Labute approximate surface area is 80.5 Å². The van der Waals surface area contributed by atoms with E-state index in [1.165, 1.54) is 0 Å². The first-order valence-corrected chi connectivity index (χ1v) is 4.32. The summed E-state index contributed by atoms with van der Waals surface area (Å²) in [5, 5.41) is 8.54. The normalized spacial score (nSPS) is 8.90. The third kappa shape index (κ3) is 1.67. The summed E-state index contributed by atoms with van der Waals surface area (Å²) in [6, 6.07) is 3.75. The van der Waals surface area contributed by atoms with Gasteiger partial charge in [0.1, 0.15) is 10.7 Å². The molecule has 0 atom stereocenters. The first kappa shape index (κ1) is 7.95. The highest BCUT2D eigenvalue weighted by molar-refractivity contribution is 14.1. The molecule has 0 aliphatic heterocycles. The first-order valence-electron chi connectivity index (χ1n) is 2.45. The molecular weight excluding hydrogens is 307 g/mol. The summed E-state index contributed by atoms with van der Waals surface area (Å²) >= 11 is 5.24. The van der Waals surface area contributed by atoms with Gasteiger partial charge in [0.25, 0.3) is 0 Å². The zero-order valence-electron chi connectivity index (χ0n) is 4.81. The van der Waals surface area contributed by atoms with Crippen molar-refractivity contribution in [3.8, 4) is 6.07 Å². The Hall–Kier alpha value is -0.150. The molecule has 0 N–H and O–H groups in total. The zero-order valence-corrected chi connectivity index (χ0v) is 8.55. The maximum atomic E-state index is 8.54. The van der Waals surface area contributed by atoms with Gasteiger partial charge < -0.3 is 0 Å². The van der Waals surface area contributed by atoms with Crippen molar-refractivity contribution in [3.63, 3.8) is 0 Å². The Morgan fingerprint density at radius 1 is 1.70 bits per heavy atom. The van der Waals surface area contributed by atoms with Crippen molar-refractivity contribution < 1.29 is 0 Å². The lowest BCUT2D eigenvalue weighted by molar-refractivity contribution is 1.24. The molecule has 50 valence electrons. The number of nitriles is 1. The van der Waals surface area contributed by atoms with Crippen LogP contribution in [-0.4, -0.2) is 4.98 Å². The molecule has 0 fully saturated rings. The van der Waals surface area contributed by atoms with Crippen molar-refractivity contribution in [1.29, 1.82) is 5.26 Å². The second-order valence-corrected chi connectivity index (χ2v) is 3.57. The molecule has 1 aromatic heterocycles. The van der Waals surface area contributed by atoms with Gasteiger partial charge in [-0.15, -0.1) is 0 Å². The predicted octanol–water partition coefficient (Wildman–Crippen LogP) is 2.32. The molecule has 0 aromatic carbocycles. The number of aromatic nitrogens is 1. The molecule has 1 rings (SSSR count). The van der Waals surface area contributed by atoms with E-state index >= 15 is 0 Å². The van der Waals surface area contributed by atoms with Gasteiger partial charge in [-0.3, -0.25) is 0 Å². The van der Waals surface area contributed by atoms with Crippen molar-refractivity contribution in [2.75, 3.05) is 0 Å². The molecule has 4 heteroatoms. The Bertz CT molecular complexity index is 292. The highest BCUT2D eigenvalue weighted by Crippen LogP contribution is 2.13. The average molecular weight is 309 g/mol. The van der Waals surface area contributed by atoms with Crippen molar-refractivity contribution in [3.05, 3.63) is 26.0 Å². The summed E-state index contributed by atoms with van der Waals surface area (Å²) in [5.41, 5.74) is 0.655. The van der Waals surface area contributed by atoms with Gasteiger partial charge in [-0.05, 0) is 44.6 Å². The molecule has 0 aliphatic rings. The van der Waals surface area contributed by atoms with Crippen LogP contribution in [0.1, 0.15) is 5.56 Å². The average Bonchev–Trinajstić information content (AvgIpc) is 1.94. The van der Waals surface area contributed by atoms with Gasteiger partial charge in [0.15, 0.2) is 0 Å². The van der Waals surface area contributed by atoms with E-state index in [1.54, 1.807) is 12.3 Å². The van der Waals surface area contributed by atoms with E-state index in [1.807, 2.05) is 0 Å². The highest BCUT2D eigenvalue weighted by atomic mass is 127. The number of hydrogen-bond acceptors (Lipinski definition) is 2. The van der Waals surface area contributed by atoms with Crippen LogP contribution in [-0.2, 0) is 0 Å². The SMILES string of the molecule is N#Cc1cc(Br)ncc1I. The summed E-state index contributed by atoms with van der Waals surface area (Å²) in [6.45, 7) is 0. The molecular formula is C6H2BrIN2. The van der Waals surface area contributed by atoms with Crippen molar-refractivity contribution in [1.82, 2.24) is 4.98 Å². The van der Waals surface area contributed by atoms with Crippen LogP contribution in [0, 0.1) is 14.9 Å². The van der Waals surface area contributed by atoms with Crippen LogP contribution < -0.4 is 0 Å². The fourth-order valence-electron chi connectivity index (χ4n) is 0.499. The minimum Gasteiger partial charge on any atom is -0.248 e. The molecule has 0 saturated carbocycles. The van der Waals surface area contributed by atoms with Crippen LogP contribution in [0.5, 0.6) is 0 Å². The van der Waals surface area contributed by atoms with E-state index in [-0.39, 0.29) is 0 Å². The van der Waals surface area contributed by atoms with Crippen LogP contribution in [0.2, 0.25) is 0 Å². The van der Waals surface area contributed by atoms with Crippen LogP contribution in [0.4, 0.5) is 0 Å². The summed E-state index contributed by atoms with van der Waals surface area (Å²) in [7, 11) is 0. The minimum atomic E-state index is 0.655. The van der Waals surface area contributed by atoms with Crippen LogP contribution in [0.25, 0.3) is 0 Å². The highest BCUT2D eigenvalue weighted by Gasteiger charge is 1.98. The van der Waals surface area contributed by atoms with Gasteiger partial charge in [0, 0.05) is 9.77 Å². The molecule has 0 aliphatic carbocycles. The second-order valence-electron chi connectivity index (χ2n) is 1.60. The quantitative estimate of drug-likeness (QED) is 0.545. The molecule has 0 saturated heterocycles. The summed E-state index contributed by atoms with van der Waals surface area (Å²) in [4.78, 5) is 3.95. The maximum absolute atomic E-state index is 8.54.